The van der Waals surface area contributed by atoms with Crippen LogP contribution >= 0.6 is 0 Å². The topological polar surface area (TPSA) is 79.9 Å². The molecule has 3 aromatic carbocycles. The lowest BCUT2D eigenvalue weighted by atomic mass is 9.87. The summed E-state index contributed by atoms with van der Waals surface area (Å²) in [5.41, 5.74) is 5.74. The fraction of sp³-hybridized carbons (Fsp3) is 0.394. The first-order valence-electron chi connectivity index (χ1n) is 14.2. The number of ether oxygens (including phenoxy) is 2. The molecule has 40 heavy (non-hydrogen) atoms. The maximum atomic E-state index is 13.5. The van der Waals surface area contributed by atoms with E-state index in [2.05, 4.69) is 39.8 Å². The molecule has 7 nitrogen and oxygen atoms in total. The van der Waals surface area contributed by atoms with Crippen molar-refractivity contribution >= 4 is 17.5 Å². The summed E-state index contributed by atoms with van der Waals surface area (Å²) in [5.74, 6) is 0.683. The molecule has 0 saturated carbocycles. The summed E-state index contributed by atoms with van der Waals surface area (Å²) in [7, 11) is 3.20. The number of carbonyl (C=O) groups is 2. The highest BCUT2D eigenvalue weighted by atomic mass is 16.5. The van der Waals surface area contributed by atoms with Crippen LogP contribution in [0.25, 0.3) is 0 Å². The van der Waals surface area contributed by atoms with Crippen LogP contribution in [0.4, 0.5) is 5.69 Å². The summed E-state index contributed by atoms with van der Waals surface area (Å²) in [5, 5.41) is 6.25. The number of methoxy groups -OCH3 is 2. The molecule has 2 aliphatic rings. The highest BCUT2D eigenvalue weighted by molar-refractivity contribution is 5.93. The smallest absolute Gasteiger partial charge is 0.228 e. The van der Waals surface area contributed by atoms with Crippen LogP contribution in [0.1, 0.15) is 35.1 Å². The molecule has 0 spiro atoms. The molecule has 1 aliphatic heterocycles. The van der Waals surface area contributed by atoms with Gasteiger partial charge in [-0.3, -0.25) is 9.59 Å². The van der Waals surface area contributed by atoms with Gasteiger partial charge in [-0.15, -0.1) is 0 Å². The Balaban J connectivity index is 1.25. The molecule has 2 N–H and O–H groups in total. The average Bonchev–Trinajstić information content (AvgIpc) is 3.47. The van der Waals surface area contributed by atoms with Crippen LogP contribution in [0.5, 0.6) is 11.5 Å². The van der Waals surface area contributed by atoms with E-state index in [-0.39, 0.29) is 23.7 Å². The number of rotatable bonds is 10. The molecule has 5 rings (SSSR count). The Morgan fingerprint density at radius 2 is 1.57 bits per heavy atom. The van der Waals surface area contributed by atoms with Crippen LogP contribution in [0, 0.1) is 11.8 Å². The fourth-order valence-corrected chi connectivity index (χ4v) is 5.90. The molecule has 210 valence electrons. The molecule has 0 aromatic heterocycles. The standard InChI is InChI=1S/C33H39N3O4/c1-39-30-14-11-24(17-31(30)40-2)20-34-32(37)27-18-28(22-36(21-27)16-15-23-7-4-3-5-8-23)33(38)35-29-13-12-25-9-6-10-26(25)19-29/h3-5,7-8,11-14,17,19,27-28H,6,9-10,15-16,18,20-22H2,1-2H3,(H,34,37)(H,35,38)/t27-,28+/m0/s1. The number of hydrogen-bond donors (Lipinski definition) is 2. The van der Waals surface area contributed by atoms with Gasteiger partial charge in [0.2, 0.25) is 11.8 Å². The Morgan fingerprint density at radius 3 is 2.35 bits per heavy atom. The van der Waals surface area contributed by atoms with Crippen molar-refractivity contribution in [2.45, 2.75) is 38.6 Å². The number of fused-ring (bicyclic) bond motifs is 1. The number of aryl methyl sites for hydroxylation is 2. The molecule has 3 aromatic rings. The van der Waals surface area contributed by atoms with Crippen molar-refractivity contribution < 1.29 is 19.1 Å². The van der Waals surface area contributed by atoms with Crippen LogP contribution in [0.15, 0.2) is 66.7 Å². The molecular weight excluding hydrogens is 502 g/mol. The van der Waals surface area contributed by atoms with Crippen molar-refractivity contribution in [1.29, 1.82) is 0 Å². The van der Waals surface area contributed by atoms with E-state index in [4.69, 9.17) is 9.47 Å². The summed E-state index contributed by atoms with van der Waals surface area (Å²) in [6, 6.07) is 22.2. The van der Waals surface area contributed by atoms with Crippen molar-refractivity contribution in [3.8, 4) is 11.5 Å². The zero-order valence-corrected chi connectivity index (χ0v) is 23.4. The van der Waals surface area contributed by atoms with Gasteiger partial charge in [0.1, 0.15) is 0 Å². The second-order valence-corrected chi connectivity index (χ2v) is 10.9. The van der Waals surface area contributed by atoms with Gasteiger partial charge < -0.3 is 25.0 Å². The van der Waals surface area contributed by atoms with Crippen molar-refractivity contribution in [3.05, 3.63) is 89.0 Å². The molecule has 0 unspecified atom stereocenters. The quantitative estimate of drug-likeness (QED) is 0.391. The van der Waals surface area contributed by atoms with E-state index in [1.54, 1.807) is 14.2 Å². The maximum absolute atomic E-state index is 13.5. The molecule has 2 amide bonds. The molecule has 1 aliphatic carbocycles. The molecule has 1 saturated heterocycles. The van der Waals surface area contributed by atoms with Crippen molar-refractivity contribution in [3.63, 3.8) is 0 Å². The van der Waals surface area contributed by atoms with Gasteiger partial charge in [-0.2, -0.15) is 0 Å². The van der Waals surface area contributed by atoms with E-state index in [0.717, 1.165) is 37.1 Å². The minimum atomic E-state index is -0.277. The van der Waals surface area contributed by atoms with Gasteiger partial charge in [-0.05, 0) is 78.6 Å². The van der Waals surface area contributed by atoms with E-state index in [1.165, 1.54) is 23.1 Å². The number of anilines is 1. The monoisotopic (exact) mass is 541 g/mol. The predicted octanol–water partition coefficient (Wildman–Crippen LogP) is 4.63. The molecule has 1 fully saturated rings. The summed E-state index contributed by atoms with van der Waals surface area (Å²) in [6.45, 7) is 2.45. The first-order chi connectivity index (χ1) is 19.5. The number of piperidine rings is 1. The third-order valence-electron chi connectivity index (χ3n) is 8.11. The number of benzene rings is 3. The Bertz CT molecular complexity index is 1330. The lowest BCUT2D eigenvalue weighted by Crippen LogP contribution is -2.49. The number of amides is 2. The van der Waals surface area contributed by atoms with Gasteiger partial charge in [0, 0.05) is 31.9 Å². The molecule has 7 heteroatoms. The number of carbonyl (C=O) groups excluding carboxylic acids is 2. The van der Waals surface area contributed by atoms with E-state index in [0.29, 0.717) is 37.6 Å². The van der Waals surface area contributed by atoms with Crippen LogP contribution < -0.4 is 20.1 Å². The molecular formula is C33H39N3O4. The molecule has 1 heterocycles. The first kappa shape index (κ1) is 27.7. The second-order valence-electron chi connectivity index (χ2n) is 10.9. The fourth-order valence-electron chi connectivity index (χ4n) is 5.90. The third kappa shape index (κ3) is 6.83. The van der Waals surface area contributed by atoms with Gasteiger partial charge in [0.15, 0.2) is 11.5 Å². The van der Waals surface area contributed by atoms with E-state index in [1.807, 2.05) is 42.5 Å². The zero-order valence-electron chi connectivity index (χ0n) is 23.4. The van der Waals surface area contributed by atoms with Gasteiger partial charge in [0.05, 0.1) is 26.1 Å². The number of nitrogens with zero attached hydrogens (tertiary/aromatic N) is 1. The van der Waals surface area contributed by atoms with Gasteiger partial charge in [-0.25, -0.2) is 0 Å². The second kappa shape index (κ2) is 13.0. The minimum Gasteiger partial charge on any atom is -0.493 e. The summed E-state index contributed by atoms with van der Waals surface area (Å²) >= 11 is 0. The Morgan fingerprint density at radius 1 is 0.825 bits per heavy atom. The summed E-state index contributed by atoms with van der Waals surface area (Å²) in [6.07, 6.45) is 4.75. The highest BCUT2D eigenvalue weighted by Gasteiger charge is 2.35. The minimum absolute atomic E-state index is 0.0138. The van der Waals surface area contributed by atoms with Crippen molar-refractivity contribution in [2.75, 3.05) is 39.2 Å². The first-order valence-corrected chi connectivity index (χ1v) is 14.2. The van der Waals surface area contributed by atoms with E-state index >= 15 is 0 Å². The Hall–Kier alpha value is -3.84. The maximum Gasteiger partial charge on any atom is 0.228 e. The number of likely N-dealkylation sites (tertiary alicyclic amines) is 1. The van der Waals surface area contributed by atoms with Gasteiger partial charge in [-0.1, -0.05) is 42.5 Å². The Labute approximate surface area is 236 Å². The molecule has 2 atom stereocenters. The lowest BCUT2D eigenvalue weighted by Gasteiger charge is -2.36. The van der Waals surface area contributed by atoms with Crippen LogP contribution in [-0.2, 0) is 35.4 Å². The predicted molar refractivity (Wildman–Crippen MR) is 157 cm³/mol. The summed E-state index contributed by atoms with van der Waals surface area (Å²) < 4.78 is 10.7. The third-order valence-corrected chi connectivity index (χ3v) is 8.11. The normalized spacial score (nSPS) is 18.6. The largest absolute Gasteiger partial charge is 0.493 e. The van der Waals surface area contributed by atoms with Gasteiger partial charge in [0.25, 0.3) is 0 Å². The van der Waals surface area contributed by atoms with Crippen LogP contribution in [0.2, 0.25) is 0 Å². The molecule has 0 radical (unpaired) electrons. The van der Waals surface area contributed by atoms with E-state index < -0.39 is 0 Å². The van der Waals surface area contributed by atoms with Crippen molar-refractivity contribution in [1.82, 2.24) is 10.2 Å². The lowest BCUT2D eigenvalue weighted by molar-refractivity contribution is -0.130. The number of nitrogens with one attached hydrogen (secondary N) is 2. The SMILES string of the molecule is COc1ccc(CNC(=O)[C@H]2C[C@@H](C(=O)Nc3ccc4c(c3)CCC4)CN(CCc3ccccc3)C2)cc1OC. The van der Waals surface area contributed by atoms with Gasteiger partial charge >= 0.3 is 0 Å². The van der Waals surface area contributed by atoms with Crippen LogP contribution in [0.3, 0.4) is 0 Å². The van der Waals surface area contributed by atoms with Crippen molar-refractivity contribution in [2.24, 2.45) is 11.8 Å². The number of hydrogen-bond acceptors (Lipinski definition) is 5. The highest BCUT2D eigenvalue weighted by Crippen LogP contribution is 2.29. The zero-order chi connectivity index (χ0) is 27.9. The molecule has 0 bridgehead atoms. The Kier molecular flexibility index (Phi) is 9.01. The summed E-state index contributed by atoms with van der Waals surface area (Å²) in [4.78, 5) is 29.1. The van der Waals surface area contributed by atoms with E-state index in [9.17, 15) is 9.59 Å². The average molecular weight is 542 g/mol. The van der Waals surface area contributed by atoms with Crippen LogP contribution in [-0.4, -0.2) is 50.6 Å².